The van der Waals surface area contributed by atoms with Crippen LogP contribution in [0.15, 0.2) is 48.5 Å². The number of urea groups is 1. The first kappa shape index (κ1) is 17.7. The number of nitrogens with zero attached hydrogens (tertiary/aromatic N) is 2. The fraction of sp³-hybridized carbons (Fsp3) is 0.250. The summed E-state index contributed by atoms with van der Waals surface area (Å²) in [7, 11) is 0. The summed E-state index contributed by atoms with van der Waals surface area (Å²) < 4.78 is 0. The summed E-state index contributed by atoms with van der Waals surface area (Å²) >= 11 is 0. The maximum atomic E-state index is 12.7. The van der Waals surface area contributed by atoms with Crippen LogP contribution in [0.4, 0.5) is 16.2 Å². The van der Waals surface area contributed by atoms with Crippen molar-refractivity contribution in [3.8, 4) is 0 Å². The van der Waals surface area contributed by atoms with E-state index in [1.807, 2.05) is 44.2 Å². The number of carbonyl (C=O) groups excluding carboxylic acids is 3. The highest BCUT2D eigenvalue weighted by molar-refractivity contribution is 6.16. The van der Waals surface area contributed by atoms with Gasteiger partial charge >= 0.3 is 6.03 Å². The highest BCUT2D eigenvalue weighted by Gasteiger charge is 2.43. The van der Waals surface area contributed by atoms with Gasteiger partial charge in [-0.1, -0.05) is 29.8 Å². The maximum absolute atomic E-state index is 12.7. The predicted octanol–water partition coefficient (Wildman–Crippen LogP) is 3.10. The van der Waals surface area contributed by atoms with Crippen LogP contribution in [0.5, 0.6) is 0 Å². The zero-order valence-electron chi connectivity index (χ0n) is 15.0. The number of hydrogen-bond donors (Lipinski definition) is 1. The summed E-state index contributed by atoms with van der Waals surface area (Å²) in [5.74, 6) is -0.787. The Morgan fingerprint density at radius 2 is 1.73 bits per heavy atom. The molecule has 2 aromatic rings. The van der Waals surface area contributed by atoms with E-state index in [-0.39, 0.29) is 12.5 Å². The second-order valence-electron chi connectivity index (χ2n) is 6.51. The second-order valence-corrected chi connectivity index (χ2v) is 6.51. The normalized spacial score (nSPS) is 17.0. The number of nitrogens with one attached hydrogen (secondary N) is 1. The molecule has 0 aromatic heterocycles. The van der Waals surface area contributed by atoms with Crippen molar-refractivity contribution in [3.63, 3.8) is 0 Å². The smallest absolute Gasteiger partial charge is 0.325 e. The molecule has 1 aliphatic heterocycles. The van der Waals surface area contributed by atoms with Gasteiger partial charge in [-0.05, 0) is 50.6 Å². The van der Waals surface area contributed by atoms with Gasteiger partial charge in [0.1, 0.15) is 12.6 Å². The first-order valence-corrected chi connectivity index (χ1v) is 8.44. The highest BCUT2D eigenvalue weighted by Crippen LogP contribution is 2.26. The Labute approximate surface area is 152 Å². The summed E-state index contributed by atoms with van der Waals surface area (Å²) in [5.41, 5.74) is 3.35. The van der Waals surface area contributed by atoms with E-state index >= 15 is 0 Å². The number of benzene rings is 2. The molecule has 1 unspecified atom stereocenters. The average Bonchev–Trinajstić information content (AvgIpc) is 2.80. The van der Waals surface area contributed by atoms with Crippen LogP contribution in [0, 0.1) is 13.8 Å². The third-order valence-electron chi connectivity index (χ3n) is 4.36. The van der Waals surface area contributed by atoms with Gasteiger partial charge in [-0.25, -0.2) is 4.79 Å². The standard InChI is InChI=1S/C20H21N3O3/c1-13-7-9-17(10-8-13)23-15(3)19(25)22(20(23)26)12-18(24)21-16-6-4-5-14(2)11-16/h4-11,15H,12H2,1-3H3,(H,21,24). The molecule has 1 aliphatic rings. The van der Waals surface area contributed by atoms with Crippen molar-refractivity contribution >= 4 is 29.2 Å². The predicted molar refractivity (Wildman–Crippen MR) is 100 cm³/mol. The van der Waals surface area contributed by atoms with Crippen molar-refractivity contribution in [2.45, 2.75) is 26.8 Å². The van der Waals surface area contributed by atoms with Gasteiger partial charge in [-0.2, -0.15) is 0 Å². The monoisotopic (exact) mass is 351 g/mol. The van der Waals surface area contributed by atoms with Gasteiger partial charge in [0.2, 0.25) is 5.91 Å². The van der Waals surface area contributed by atoms with E-state index in [0.29, 0.717) is 11.4 Å². The van der Waals surface area contributed by atoms with Crippen molar-refractivity contribution in [1.82, 2.24) is 4.90 Å². The minimum absolute atomic E-state index is 0.307. The highest BCUT2D eigenvalue weighted by atomic mass is 16.2. The molecule has 1 atom stereocenters. The van der Waals surface area contributed by atoms with Gasteiger partial charge in [-0.3, -0.25) is 19.4 Å². The zero-order valence-corrected chi connectivity index (χ0v) is 15.0. The number of rotatable bonds is 4. The van der Waals surface area contributed by atoms with E-state index in [1.165, 1.54) is 4.90 Å². The summed E-state index contributed by atoms with van der Waals surface area (Å²) in [4.78, 5) is 39.9. The Morgan fingerprint density at radius 1 is 1.04 bits per heavy atom. The molecule has 1 heterocycles. The van der Waals surface area contributed by atoms with E-state index in [1.54, 1.807) is 25.1 Å². The largest absolute Gasteiger partial charge is 0.332 e. The van der Waals surface area contributed by atoms with Crippen molar-refractivity contribution in [2.75, 3.05) is 16.8 Å². The molecular formula is C20H21N3O3. The average molecular weight is 351 g/mol. The molecule has 0 saturated carbocycles. The third-order valence-corrected chi connectivity index (χ3v) is 4.36. The summed E-state index contributed by atoms with van der Waals surface area (Å²) in [6, 6.07) is 13.6. The molecule has 3 rings (SSSR count). The lowest BCUT2D eigenvalue weighted by Gasteiger charge is -2.19. The summed E-state index contributed by atoms with van der Waals surface area (Å²) in [5, 5.41) is 2.72. The number of carbonyl (C=O) groups is 3. The van der Waals surface area contributed by atoms with Crippen LogP contribution in [-0.4, -0.2) is 35.3 Å². The number of anilines is 2. The molecule has 26 heavy (non-hydrogen) atoms. The minimum Gasteiger partial charge on any atom is -0.325 e. The lowest BCUT2D eigenvalue weighted by molar-refractivity contribution is -0.130. The van der Waals surface area contributed by atoms with Crippen LogP contribution in [0.3, 0.4) is 0 Å². The molecule has 0 bridgehead atoms. The molecule has 1 N–H and O–H groups in total. The van der Waals surface area contributed by atoms with Crippen LogP contribution >= 0.6 is 0 Å². The maximum Gasteiger partial charge on any atom is 0.332 e. The van der Waals surface area contributed by atoms with Gasteiger partial charge in [0.05, 0.1) is 0 Å². The fourth-order valence-corrected chi connectivity index (χ4v) is 2.98. The van der Waals surface area contributed by atoms with Gasteiger partial charge in [0, 0.05) is 11.4 Å². The fourth-order valence-electron chi connectivity index (χ4n) is 2.98. The van der Waals surface area contributed by atoms with Gasteiger partial charge in [0.25, 0.3) is 5.91 Å². The Morgan fingerprint density at radius 3 is 2.38 bits per heavy atom. The van der Waals surface area contributed by atoms with Gasteiger partial charge in [0.15, 0.2) is 0 Å². The molecule has 0 aliphatic carbocycles. The molecule has 6 heteroatoms. The first-order chi connectivity index (χ1) is 12.4. The number of amides is 4. The van der Waals surface area contributed by atoms with Crippen LogP contribution in [0.25, 0.3) is 0 Å². The summed E-state index contributed by atoms with van der Waals surface area (Å²) in [6.07, 6.45) is 0. The number of hydrogen-bond acceptors (Lipinski definition) is 3. The minimum atomic E-state index is -0.642. The number of imide groups is 1. The van der Waals surface area contributed by atoms with Crippen LogP contribution in [0.1, 0.15) is 18.1 Å². The zero-order chi connectivity index (χ0) is 18.8. The van der Waals surface area contributed by atoms with Crippen molar-refractivity contribution in [3.05, 3.63) is 59.7 Å². The van der Waals surface area contributed by atoms with Crippen LogP contribution in [-0.2, 0) is 9.59 Å². The SMILES string of the molecule is Cc1ccc(N2C(=O)N(CC(=O)Nc3cccc(C)c3)C(=O)C2C)cc1. The molecule has 0 spiro atoms. The van der Waals surface area contributed by atoms with E-state index < -0.39 is 18.0 Å². The Hall–Kier alpha value is -3.15. The molecule has 1 saturated heterocycles. The van der Waals surface area contributed by atoms with Crippen molar-refractivity contribution in [1.29, 1.82) is 0 Å². The molecular weight excluding hydrogens is 330 g/mol. The lowest BCUT2D eigenvalue weighted by Crippen LogP contribution is -2.39. The molecule has 6 nitrogen and oxygen atoms in total. The lowest BCUT2D eigenvalue weighted by atomic mass is 10.2. The Balaban J connectivity index is 1.74. The van der Waals surface area contributed by atoms with E-state index in [9.17, 15) is 14.4 Å². The van der Waals surface area contributed by atoms with E-state index in [2.05, 4.69) is 5.32 Å². The van der Waals surface area contributed by atoms with E-state index in [4.69, 9.17) is 0 Å². The molecule has 4 amide bonds. The summed E-state index contributed by atoms with van der Waals surface area (Å²) in [6.45, 7) is 5.23. The Bertz CT molecular complexity index is 861. The van der Waals surface area contributed by atoms with Crippen LogP contribution < -0.4 is 10.2 Å². The second kappa shape index (κ2) is 7.00. The van der Waals surface area contributed by atoms with Gasteiger partial charge < -0.3 is 5.32 Å². The topological polar surface area (TPSA) is 69.7 Å². The third kappa shape index (κ3) is 3.44. The molecule has 1 fully saturated rings. The van der Waals surface area contributed by atoms with Crippen LogP contribution in [0.2, 0.25) is 0 Å². The quantitative estimate of drug-likeness (QED) is 0.861. The molecule has 134 valence electrons. The van der Waals surface area contributed by atoms with E-state index in [0.717, 1.165) is 16.0 Å². The van der Waals surface area contributed by atoms with Crippen molar-refractivity contribution < 1.29 is 14.4 Å². The molecule has 0 radical (unpaired) electrons. The van der Waals surface area contributed by atoms with Gasteiger partial charge in [-0.15, -0.1) is 0 Å². The van der Waals surface area contributed by atoms with Crippen molar-refractivity contribution in [2.24, 2.45) is 0 Å². The number of aryl methyl sites for hydroxylation is 2. The molecule has 2 aromatic carbocycles. The Kier molecular flexibility index (Phi) is 4.75. The first-order valence-electron chi connectivity index (χ1n) is 8.44.